The maximum atomic E-state index is 10.5. The summed E-state index contributed by atoms with van der Waals surface area (Å²) in [6, 6.07) is -0.383. The number of rotatable bonds is 4. The molecule has 5 atom stereocenters. The van der Waals surface area contributed by atoms with Crippen molar-refractivity contribution in [3.05, 3.63) is 4.91 Å². The smallest absolute Gasteiger partial charge is 0.161 e. The molecule has 2 fully saturated rings. The molecule has 0 spiro atoms. The molecule has 0 saturated carbocycles. The van der Waals surface area contributed by atoms with Gasteiger partial charge in [-0.25, -0.2) is 0 Å². The largest absolute Gasteiger partial charge is 0.394 e. The van der Waals surface area contributed by atoms with E-state index in [1.165, 1.54) is 0 Å². The van der Waals surface area contributed by atoms with Crippen LogP contribution in [-0.2, 0) is 14.2 Å². The number of hydrogen-bond acceptors (Lipinski definition) is 7. The average Bonchev–Trinajstić information content (AvgIpc) is 2.38. The number of nitrogens with zero attached hydrogens (tertiary/aromatic N) is 1. The van der Waals surface area contributed by atoms with Gasteiger partial charge in [0.25, 0.3) is 0 Å². The van der Waals surface area contributed by atoms with Gasteiger partial charge in [0.05, 0.1) is 38.1 Å². The van der Waals surface area contributed by atoms with E-state index in [-0.39, 0.29) is 18.8 Å². The lowest BCUT2D eigenvalue weighted by Gasteiger charge is -2.35. The van der Waals surface area contributed by atoms with Crippen LogP contribution in [0.5, 0.6) is 0 Å². The van der Waals surface area contributed by atoms with Crippen molar-refractivity contribution in [2.24, 2.45) is 5.18 Å². The molecule has 18 heavy (non-hydrogen) atoms. The molecule has 0 aromatic heterocycles. The Morgan fingerprint density at radius 3 is 2.83 bits per heavy atom. The number of aliphatic hydroxyl groups is 2. The van der Waals surface area contributed by atoms with Crippen molar-refractivity contribution >= 4 is 0 Å². The summed E-state index contributed by atoms with van der Waals surface area (Å²) in [5, 5.41) is 21.6. The van der Waals surface area contributed by atoms with Crippen molar-refractivity contribution in [3.63, 3.8) is 0 Å². The zero-order chi connectivity index (χ0) is 13.0. The quantitative estimate of drug-likeness (QED) is 0.679. The van der Waals surface area contributed by atoms with Crippen LogP contribution in [0.3, 0.4) is 0 Å². The van der Waals surface area contributed by atoms with Gasteiger partial charge in [-0.1, -0.05) is 5.18 Å². The molecule has 2 aliphatic rings. The SMILES string of the molecule is O=N[C@@H]1COC[C@H](O[C@@H]2C[C@H](O)C[C@H](CO)O2)C1. The van der Waals surface area contributed by atoms with Crippen molar-refractivity contribution in [1.82, 2.24) is 0 Å². The highest BCUT2D eigenvalue weighted by molar-refractivity contribution is 4.78. The maximum absolute atomic E-state index is 10.5. The van der Waals surface area contributed by atoms with E-state index in [1.807, 2.05) is 0 Å². The summed E-state index contributed by atoms with van der Waals surface area (Å²) < 4.78 is 16.4. The Kier molecular flexibility index (Phi) is 5.02. The number of hydrogen-bond donors (Lipinski definition) is 2. The van der Waals surface area contributed by atoms with Gasteiger partial charge in [0, 0.05) is 19.3 Å². The van der Waals surface area contributed by atoms with Crippen LogP contribution in [0.15, 0.2) is 5.18 Å². The fraction of sp³-hybridized carbons (Fsp3) is 1.00. The van der Waals surface area contributed by atoms with Gasteiger partial charge in [-0.05, 0) is 0 Å². The Balaban J connectivity index is 1.82. The standard InChI is InChI=1S/C11H19NO6/c13-4-9-2-8(14)3-11(17-9)18-10-1-7(12-15)5-16-6-10/h7-11,13-14H,1-6H2/t7-,8+,9+,10+,11+/m0/s1. The minimum absolute atomic E-state index is 0.142. The highest BCUT2D eigenvalue weighted by Crippen LogP contribution is 2.24. The summed E-state index contributed by atoms with van der Waals surface area (Å²) in [6.45, 7) is 0.582. The molecular formula is C11H19NO6. The van der Waals surface area contributed by atoms with Crippen LogP contribution in [0.1, 0.15) is 19.3 Å². The number of ether oxygens (including phenoxy) is 3. The van der Waals surface area contributed by atoms with Crippen LogP contribution >= 0.6 is 0 Å². The van der Waals surface area contributed by atoms with E-state index in [0.717, 1.165) is 0 Å². The molecule has 2 aliphatic heterocycles. The van der Waals surface area contributed by atoms with E-state index in [9.17, 15) is 10.0 Å². The van der Waals surface area contributed by atoms with Gasteiger partial charge in [0.1, 0.15) is 6.04 Å². The normalized spacial score (nSPS) is 41.6. The first kappa shape index (κ1) is 13.8. The molecule has 7 nitrogen and oxygen atoms in total. The van der Waals surface area contributed by atoms with Gasteiger partial charge in [-0.15, -0.1) is 0 Å². The maximum Gasteiger partial charge on any atom is 0.161 e. The van der Waals surface area contributed by atoms with E-state index in [4.69, 9.17) is 19.3 Å². The van der Waals surface area contributed by atoms with E-state index >= 15 is 0 Å². The predicted octanol–water partition coefficient (Wildman–Crippen LogP) is -0.215. The zero-order valence-corrected chi connectivity index (χ0v) is 10.1. The Morgan fingerprint density at radius 2 is 2.11 bits per heavy atom. The molecule has 2 saturated heterocycles. The van der Waals surface area contributed by atoms with Gasteiger partial charge < -0.3 is 24.4 Å². The van der Waals surface area contributed by atoms with Crippen LogP contribution in [0, 0.1) is 4.91 Å². The van der Waals surface area contributed by atoms with Crippen molar-refractivity contribution in [2.75, 3.05) is 19.8 Å². The Hall–Kier alpha value is -0.600. The van der Waals surface area contributed by atoms with E-state index in [0.29, 0.717) is 32.5 Å². The third-order valence-corrected chi connectivity index (χ3v) is 3.19. The van der Waals surface area contributed by atoms with Gasteiger partial charge >= 0.3 is 0 Å². The average molecular weight is 261 g/mol. The molecule has 104 valence electrons. The van der Waals surface area contributed by atoms with Gasteiger partial charge in [-0.2, -0.15) is 4.91 Å². The molecule has 0 aliphatic carbocycles. The van der Waals surface area contributed by atoms with Crippen LogP contribution < -0.4 is 0 Å². The Morgan fingerprint density at radius 1 is 1.28 bits per heavy atom. The van der Waals surface area contributed by atoms with E-state index < -0.39 is 18.5 Å². The van der Waals surface area contributed by atoms with E-state index in [1.54, 1.807) is 0 Å². The minimum atomic E-state index is -0.565. The topological polar surface area (TPSA) is 97.6 Å². The summed E-state index contributed by atoms with van der Waals surface area (Å²) in [6.07, 6.45) is -0.472. The lowest BCUT2D eigenvalue weighted by atomic mass is 10.1. The molecule has 2 rings (SSSR count). The monoisotopic (exact) mass is 261 g/mol. The molecule has 0 aromatic carbocycles. The molecule has 7 heteroatoms. The second kappa shape index (κ2) is 6.53. The first-order chi connectivity index (χ1) is 8.71. The summed E-state index contributed by atoms with van der Waals surface area (Å²) in [4.78, 5) is 10.5. The first-order valence-corrected chi connectivity index (χ1v) is 6.21. The van der Waals surface area contributed by atoms with Crippen molar-refractivity contribution < 1.29 is 24.4 Å². The zero-order valence-electron chi connectivity index (χ0n) is 10.1. The summed E-state index contributed by atoms with van der Waals surface area (Å²) in [5.74, 6) is 0. The molecule has 2 heterocycles. The van der Waals surface area contributed by atoms with E-state index in [2.05, 4.69) is 5.18 Å². The van der Waals surface area contributed by atoms with Crippen molar-refractivity contribution in [2.45, 2.75) is 49.9 Å². The van der Waals surface area contributed by atoms with Gasteiger partial charge in [0.15, 0.2) is 6.29 Å². The van der Waals surface area contributed by atoms with Crippen LogP contribution in [0.4, 0.5) is 0 Å². The molecule has 0 aromatic rings. The Labute approximate surface area is 105 Å². The lowest BCUT2D eigenvalue weighted by molar-refractivity contribution is -0.249. The number of nitroso groups, excluding NO2 is 1. The molecule has 0 radical (unpaired) electrons. The minimum Gasteiger partial charge on any atom is -0.394 e. The molecule has 0 amide bonds. The summed E-state index contributed by atoms with van der Waals surface area (Å²) in [5.41, 5.74) is 0. The van der Waals surface area contributed by atoms with Crippen molar-refractivity contribution in [1.29, 1.82) is 0 Å². The molecule has 0 bridgehead atoms. The molecular weight excluding hydrogens is 242 g/mol. The fourth-order valence-electron chi connectivity index (χ4n) is 2.31. The van der Waals surface area contributed by atoms with Crippen LogP contribution in [0.2, 0.25) is 0 Å². The highest BCUT2D eigenvalue weighted by atomic mass is 16.7. The molecule has 0 unspecified atom stereocenters. The summed E-state index contributed by atoms with van der Waals surface area (Å²) in [7, 11) is 0. The van der Waals surface area contributed by atoms with Crippen LogP contribution in [-0.4, -0.2) is 60.7 Å². The third-order valence-electron chi connectivity index (χ3n) is 3.19. The number of aliphatic hydroxyl groups excluding tert-OH is 2. The third kappa shape index (κ3) is 3.69. The first-order valence-electron chi connectivity index (χ1n) is 6.21. The van der Waals surface area contributed by atoms with Crippen LogP contribution in [0.25, 0.3) is 0 Å². The molecule has 2 N–H and O–H groups in total. The lowest BCUT2D eigenvalue weighted by Crippen LogP contribution is -2.43. The summed E-state index contributed by atoms with van der Waals surface area (Å²) >= 11 is 0. The van der Waals surface area contributed by atoms with Gasteiger partial charge in [-0.3, -0.25) is 0 Å². The second-order valence-electron chi connectivity index (χ2n) is 4.79. The second-order valence-corrected chi connectivity index (χ2v) is 4.79. The highest BCUT2D eigenvalue weighted by Gasteiger charge is 2.32. The van der Waals surface area contributed by atoms with Crippen molar-refractivity contribution in [3.8, 4) is 0 Å². The Bertz CT molecular complexity index is 276. The van der Waals surface area contributed by atoms with Gasteiger partial charge in [0.2, 0.25) is 0 Å². The fourth-order valence-corrected chi connectivity index (χ4v) is 2.31. The predicted molar refractivity (Wildman–Crippen MR) is 60.9 cm³/mol.